The molecule has 0 aliphatic carbocycles. The average Bonchev–Trinajstić information content (AvgIpc) is 3.12. The summed E-state index contributed by atoms with van der Waals surface area (Å²) >= 11 is 6.41. The van der Waals surface area contributed by atoms with Gasteiger partial charge >= 0.3 is 0 Å². The van der Waals surface area contributed by atoms with Gasteiger partial charge < -0.3 is 15.8 Å². The second-order valence-electron chi connectivity index (χ2n) is 6.48. The third kappa shape index (κ3) is 3.11. The number of hydrogen-bond donors (Lipinski definition) is 2. The van der Waals surface area contributed by atoms with Gasteiger partial charge in [0.1, 0.15) is 12.1 Å². The molecule has 0 spiro atoms. The van der Waals surface area contributed by atoms with Gasteiger partial charge in [-0.2, -0.15) is 0 Å². The van der Waals surface area contributed by atoms with Gasteiger partial charge in [-0.15, -0.1) is 0 Å². The number of halogens is 1. The van der Waals surface area contributed by atoms with E-state index in [4.69, 9.17) is 22.1 Å². The Kier molecular flexibility index (Phi) is 4.46. The van der Waals surface area contributed by atoms with Crippen molar-refractivity contribution in [3.05, 3.63) is 89.2 Å². The standard InChI is InChI=1S/C21H19ClN4O/c1-27-19-6-5-17(8-18(19)22)21(9-20(23)26-12-21)16-4-2-3-14(7-16)15-10-24-13-25-11-15/h2-11,13,26H,12,23H2,1H3. The summed E-state index contributed by atoms with van der Waals surface area (Å²) < 4.78 is 5.30. The van der Waals surface area contributed by atoms with Crippen molar-refractivity contribution in [2.75, 3.05) is 13.7 Å². The van der Waals surface area contributed by atoms with Crippen molar-refractivity contribution in [3.63, 3.8) is 0 Å². The second-order valence-corrected chi connectivity index (χ2v) is 6.89. The fraction of sp³-hybridized carbons (Fsp3) is 0.143. The van der Waals surface area contributed by atoms with E-state index in [0.717, 1.165) is 22.3 Å². The highest BCUT2D eigenvalue weighted by atomic mass is 35.5. The van der Waals surface area contributed by atoms with E-state index in [0.29, 0.717) is 23.1 Å². The van der Waals surface area contributed by atoms with Crippen molar-refractivity contribution >= 4 is 11.6 Å². The van der Waals surface area contributed by atoms with Crippen LogP contribution in [0, 0.1) is 0 Å². The van der Waals surface area contributed by atoms with Crippen molar-refractivity contribution in [3.8, 4) is 16.9 Å². The van der Waals surface area contributed by atoms with Crippen molar-refractivity contribution in [1.29, 1.82) is 0 Å². The van der Waals surface area contributed by atoms with Crippen LogP contribution in [-0.4, -0.2) is 23.6 Å². The van der Waals surface area contributed by atoms with E-state index in [9.17, 15) is 0 Å². The molecule has 0 bridgehead atoms. The number of benzene rings is 2. The van der Waals surface area contributed by atoms with Crippen LogP contribution in [0.1, 0.15) is 11.1 Å². The van der Waals surface area contributed by atoms with Crippen molar-refractivity contribution in [2.45, 2.75) is 5.41 Å². The van der Waals surface area contributed by atoms with Crippen LogP contribution in [0.3, 0.4) is 0 Å². The Hall–Kier alpha value is -3.05. The van der Waals surface area contributed by atoms with E-state index in [1.165, 1.54) is 6.33 Å². The fourth-order valence-electron chi connectivity index (χ4n) is 3.51. The van der Waals surface area contributed by atoms with Crippen LogP contribution in [0.2, 0.25) is 5.02 Å². The number of rotatable bonds is 4. The summed E-state index contributed by atoms with van der Waals surface area (Å²) in [6.45, 7) is 0.649. The minimum atomic E-state index is -0.425. The Morgan fingerprint density at radius 3 is 2.52 bits per heavy atom. The Labute approximate surface area is 162 Å². The summed E-state index contributed by atoms with van der Waals surface area (Å²) in [6, 6.07) is 14.2. The fourth-order valence-corrected chi connectivity index (χ4v) is 3.77. The SMILES string of the molecule is COc1ccc(C2(c3cccc(-c4cncnc4)c3)C=C(N)NC2)cc1Cl. The van der Waals surface area contributed by atoms with E-state index >= 15 is 0 Å². The van der Waals surface area contributed by atoms with Gasteiger partial charge in [0.25, 0.3) is 0 Å². The van der Waals surface area contributed by atoms with Gasteiger partial charge in [-0.3, -0.25) is 0 Å². The summed E-state index contributed by atoms with van der Waals surface area (Å²) in [5.41, 5.74) is 9.84. The lowest BCUT2D eigenvalue weighted by atomic mass is 9.75. The monoisotopic (exact) mass is 378 g/mol. The Morgan fingerprint density at radius 2 is 1.85 bits per heavy atom. The molecule has 3 aromatic rings. The molecule has 2 aromatic carbocycles. The summed E-state index contributed by atoms with van der Waals surface area (Å²) in [6.07, 6.45) is 7.19. The number of hydrogen-bond acceptors (Lipinski definition) is 5. The molecule has 4 rings (SSSR count). The number of aromatic nitrogens is 2. The first-order valence-corrected chi connectivity index (χ1v) is 8.92. The molecule has 0 amide bonds. The second kappa shape index (κ2) is 6.93. The lowest BCUT2D eigenvalue weighted by Crippen LogP contribution is -2.31. The van der Waals surface area contributed by atoms with Gasteiger partial charge in [0, 0.05) is 24.5 Å². The number of nitrogens with zero attached hydrogens (tertiary/aromatic N) is 2. The van der Waals surface area contributed by atoms with Crippen LogP contribution in [0.5, 0.6) is 5.75 Å². The zero-order valence-corrected chi connectivity index (χ0v) is 15.6. The third-order valence-corrected chi connectivity index (χ3v) is 5.21. The predicted molar refractivity (Wildman–Crippen MR) is 107 cm³/mol. The zero-order chi connectivity index (χ0) is 18.9. The molecule has 1 aliphatic heterocycles. The topological polar surface area (TPSA) is 73.1 Å². The summed E-state index contributed by atoms with van der Waals surface area (Å²) in [7, 11) is 1.61. The van der Waals surface area contributed by atoms with Crippen LogP contribution in [0.4, 0.5) is 0 Å². The molecule has 0 radical (unpaired) electrons. The lowest BCUT2D eigenvalue weighted by Gasteiger charge is -2.29. The molecule has 0 saturated carbocycles. The third-order valence-electron chi connectivity index (χ3n) is 4.91. The minimum absolute atomic E-state index is 0.425. The van der Waals surface area contributed by atoms with Crippen molar-refractivity contribution in [2.24, 2.45) is 5.73 Å². The first-order valence-electron chi connectivity index (χ1n) is 8.54. The van der Waals surface area contributed by atoms with Gasteiger partial charge in [-0.1, -0.05) is 35.9 Å². The largest absolute Gasteiger partial charge is 0.495 e. The van der Waals surface area contributed by atoms with E-state index < -0.39 is 5.41 Å². The molecule has 5 nitrogen and oxygen atoms in total. The summed E-state index contributed by atoms with van der Waals surface area (Å²) in [4.78, 5) is 8.24. The number of nitrogens with one attached hydrogen (secondary N) is 1. The maximum Gasteiger partial charge on any atom is 0.137 e. The summed E-state index contributed by atoms with van der Waals surface area (Å²) in [5.74, 6) is 1.30. The molecule has 6 heteroatoms. The number of nitrogens with two attached hydrogens (primary N) is 1. The highest BCUT2D eigenvalue weighted by molar-refractivity contribution is 6.32. The lowest BCUT2D eigenvalue weighted by molar-refractivity contribution is 0.414. The van der Waals surface area contributed by atoms with Crippen molar-refractivity contribution < 1.29 is 4.74 Å². The van der Waals surface area contributed by atoms with Gasteiger partial charge in [0.05, 0.1) is 23.4 Å². The first kappa shape index (κ1) is 17.4. The Balaban J connectivity index is 1.86. The highest BCUT2D eigenvalue weighted by Gasteiger charge is 2.37. The van der Waals surface area contributed by atoms with Gasteiger partial charge in [0.15, 0.2) is 0 Å². The molecule has 1 unspecified atom stereocenters. The molecule has 136 valence electrons. The van der Waals surface area contributed by atoms with Gasteiger partial charge in [-0.25, -0.2) is 9.97 Å². The molecule has 27 heavy (non-hydrogen) atoms. The Bertz CT molecular complexity index is 1010. The maximum atomic E-state index is 6.41. The molecular formula is C21H19ClN4O. The van der Waals surface area contributed by atoms with Gasteiger partial charge in [-0.05, 0) is 41.0 Å². The van der Waals surface area contributed by atoms with Crippen LogP contribution in [-0.2, 0) is 5.41 Å². The molecule has 0 saturated heterocycles. The quantitative estimate of drug-likeness (QED) is 0.727. The van der Waals surface area contributed by atoms with Crippen LogP contribution in [0.15, 0.2) is 73.1 Å². The summed E-state index contributed by atoms with van der Waals surface area (Å²) in [5, 5.41) is 3.82. The molecule has 1 atom stereocenters. The van der Waals surface area contributed by atoms with E-state index in [-0.39, 0.29) is 0 Å². The number of methoxy groups -OCH3 is 1. The van der Waals surface area contributed by atoms with E-state index in [1.807, 2.05) is 36.4 Å². The maximum absolute atomic E-state index is 6.41. The molecule has 1 aromatic heterocycles. The molecule has 1 aliphatic rings. The minimum Gasteiger partial charge on any atom is -0.495 e. The van der Waals surface area contributed by atoms with E-state index in [1.54, 1.807) is 19.5 Å². The number of ether oxygens (including phenoxy) is 1. The molecular weight excluding hydrogens is 360 g/mol. The molecule has 3 N–H and O–H groups in total. The molecule has 2 heterocycles. The average molecular weight is 379 g/mol. The van der Waals surface area contributed by atoms with Crippen LogP contribution < -0.4 is 15.8 Å². The first-order chi connectivity index (χ1) is 13.1. The predicted octanol–water partition coefficient (Wildman–Crippen LogP) is 3.50. The van der Waals surface area contributed by atoms with Crippen molar-refractivity contribution in [1.82, 2.24) is 15.3 Å². The zero-order valence-electron chi connectivity index (χ0n) is 14.8. The normalized spacial score (nSPS) is 18.7. The smallest absolute Gasteiger partial charge is 0.137 e. The highest BCUT2D eigenvalue weighted by Crippen LogP contribution is 2.40. The molecule has 0 fully saturated rings. The van der Waals surface area contributed by atoms with Crippen LogP contribution in [0.25, 0.3) is 11.1 Å². The van der Waals surface area contributed by atoms with E-state index in [2.05, 4.69) is 27.4 Å². The Morgan fingerprint density at radius 1 is 1.07 bits per heavy atom. The van der Waals surface area contributed by atoms with Crippen LogP contribution >= 0.6 is 11.6 Å². The van der Waals surface area contributed by atoms with Gasteiger partial charge in [0.2, 0.25) is 0 Å².